The van der Waals surface area contributed by atoms with Gasteiger partial charge in [0.1, 0.15) is 10.6 Å². The SMILES string of the molecule is COc1ccc(C)cc1S(=O)(=O)N[C@H]1COC[C@H]1CS(=O)(=O)N(C)C. The van der Waals surface area contributed by atoms with E-state index in [1.807, 2.05) is 0 Å². The Bertz CT molecular complexity index is 820. The van der Waals surface area contributed by atoms with Crippen molar-refractivity contribution >= 4 is 20.0 Å². The van der Waals surface area contributed by atoms with Crippen molar-refractivity contribution in [2.24, 2.45) is 5.92 Å². The number of nitrogens with one attached hydrogen (secondary N) is 1. The number of rotatable bonds is 7. The van der Waals surface area contributed by atoms with E-state index < -0.39 is 32.0 Å². The normalized spacial score (nSPS) is 21.6. The fraction of sp³-hybridized carbons (Fsp3) is 0.600. The number of ether oxygens (including phenoxy) is 2. The van der Waals surface area contributed by atoms with E-state index in [0.29, 0.717) is 0 Å². The second kappa shape index (κ2) is 7.58. The van der Waals surface area contributed by atoms with Gasteiger partial charge in [-0.2, -0.15) is 0 Å². The van der Waals surface area contributed by atoms with E-state index in [-0.39, 0.29) is 29.6 Å². The van der Waals surface area contributed by atoms with Crippen molar-refractivity contribution in [3.05, 3.63) is 23.8 Å². The van der Waals surface area contributed by atoms with Crippen LogP contribution in [0.15, 0.2) is 23.1 Å². The topological polar surface area (TPSA) is 102 Å². The van der Waals surface area contributed by atoms with Gasteiger partial charge in [0.2, 0.25) is 20.0 Å². The molecule has 2 rings (SSSR count). The predicted molar refractivity (Wildman–Crippen MR) is 93.6 cm³/mol. The zero-order chi connectivity index (χ0) is 18.8. The van der Waals surface area contributed by atoms with Crippen LogP contribution in [0.3, 0.4) is 0 Å². The Morgan fingerprint density at radius 3 is 2.52 bits per heavy atom. The first kappa shape index (κ1) is 20.1. The molecular weight excluding hydrogens is 368 g/mol. The van der Waals surface area contributed by atoms with E-state index >= 15 is 0 Å². The molecule has 0 aliphatic carbocycles. The molecule has 2 atom stereocenters. The quantitative estimate of drug-likeness (QED) is 0.711. The first-order chi connectivity index (χ1) is 11.6. The van der Waals surface area contributed by atoms with Gasteiger partial charge in [0, 0.05) is 20.0 Å². The van der Waals surface area contributed by atoms with Crippen molar-refractivity contribution in [3.63, 3.8) is 0 Å². The molecule has 142 valence electrons. The Balaban J connectivity index is 2.24. The highest BCUT2D eigenvalue weighted by Gasteiger charge is 2.36. The van der Waals surface area contributed by atoms with Crippen molar-refractivity contribution in [2.45, 2.75) is 17.9 Å². The summed E-state index contributed by atoms with van der Waals surface area (Å²) in [5, 5.41) is 0. The molecule has 8 nitrogen and oxygen atoms in total. The number of nitrogens with zero attached hydrogens (tertiary/aromatic N) is 1. The molecule has 0 radical (unpaired) electrons. The highest BCUT2D eigenvalue weighted by Crippen LogP contribution is 2.26. The van der Waals surface area contributed by atoms with Gasteiger partial charge < -0.3 is 9.47 Å². The lowest BCUT2D eigenvalue weighted by atomic mass is 10.1. The Labute approximate surface area is 149 Å². The molecule has 1 aromatic carbocycles. The number of methoxy groups -OCH3 is 1. The summed E-state index contributed by atoms with van der Waals surface area (Å²) in [6.45, 7) is 2.09. The van der Waals surface area contributed by atoms with Crippen molar-refractivity contribution in [1.82, 2.24) is 9.03 Å². The van der Waals surface area contributed by atoms with Crippen LogP contribution in [-0.4, -0.2) is 67.4 Å². The average molecular weight is 392 g/mol. The molecule has 1 N–H and O–H groups in total. The van der Waals surface area contributed by atoms with Gasteiger partial charge in [-0.05, 0) is 24.6 Å². The van der Waals surface area contributed by atoms with Crippen molar-refractivity contribution in [1.29, 1.82) is 0 Å². The van der Waals surface area contributed by atoms with Crippen LogP contribution in [0.25, 0.3) is 0 Å². The molecular formula is C15H24N2O6S2. The maximum atomic E-state index is 12.8. The van der Waals surface area contributed by atoms with Gasteiger partial charge in [-0.25, -0.2) is 25.9 Å². The molecule has 0 spiro atoms. The lowest BCUT2D eigenvalue weighted by Crippen LogP contribution is -2.43. The van der Waals surface area contributed by atoms with Crippen LogP contribution in [0, 0.1) is 12.8 Å². The van der Waals surface area contributed by atoms with E-state index in [1.165, 1.54) is 27.3 Å². The summed E-state index contributed by atoms with van der Waals surface area (Å²) in [7, 11) is -3.05. The van der Waals surface area contributed by atoms with Crippen LogP contribution in [0.2, 0.25) is 0 Å². The van der Waals surface area contributed by atoms with Gasteiger partial charge in [-0.1, -0.05) is 6.07 Å². The standard InChI is InChI=1S/C15H24N2O6S2/c1-11-5-6-14(22-4)15(7-11)25(20,21)16-13-9-23-8-12(13)10-24(18,19)17(2)3/h5-7,12-13,16H,8-10H2,1-4H3/t12-,13-/m0/s1. The molecule has 1 aromatic rings. The van der Waals surface area contributed by atoms with E-state index in [4.69, 9.17) is 9.47 Å². The summed E-state index contributed by atoms with van der Waals surface area (Å²) in [4.78, 5) is 0.0242. The van der Waals surface area contributed by atoms with E-state index in [1.54, 1.807) is 19.1 Å². The fourth-order valence-corrected chi connectivity index (χ4v) is 5.28. The van der Waals surface area contributed by atoms with E-state index in [2.05, 4.69) is 4.72 Å². The van der Waals surface area contributed by atoms with Crippen molar-refractivity contribution in [2.75, 3.05) is 40.2 Å². The van der Waals surface area contributed by atoms with Crippen LogP contribution in [0.4, 0.5) is 0 Å². The molecule has 1 aliphatic rings. The largest absolute Gasteiger partial charge is 0.495 e. The number of benzene rings is 1. The van der Waals surface area contributed by atoms with Crippen LogP contribution in [0.1, 0.15) is 5.56 Å². The summed E-state index contributed by atoms with van der Waals surface area (Å²) < 4.78 is 63.8. The number of sulfonamides is 2. The molecule has 25 heavy (non-hydrogen) atoms. The molecule has 1 aliphatic heterocycles. The molecule has 0 saturated carbocycles. The molecule has 0 unspecified atom stereocenters. The molecule has 0 amide bonds. The van der Waals surface area contributed by atoms with Gasteiger partial charge in [-0.15, -0.1) is 0 Å². The lowest BCUT2D eigenvalue weighted by Gasteiger charge is -2.21. The third-order valence-corrected chi connectivity index (χ3v) is 7.57. The van der Waals surface area contributed by atoms with Gasteiger partial charge in [0.05, 0.1) is 32.1 Å². The maximum Gasteiger partial charge on any atom is 0.244 e. The fourth-order valence-electron chi connectivity index (χ4n) is 2.57. The molecule has 0 aromatic heterocycles. The second-order valence-corrected chi connectivity index (χ2v) is 10.2. The van der Waals surface area contributed by atoms with E-state index in [0.717, 1.165) is 9.87 Å². The highest BCUT2D eigenvalue weighted by molar-refractivity contribution is 7.89. The zero-order valence-electron chi connectivity index (χ0n) is 14.7. The molecule has 1 saturated heterocycles. The minimum absolute atomic E-state index is 0.0242. The minimum Gasteiger partial charge on any atom is -0.495 e. The maximum absolute atomic E-state index is 12.8. The molecule has 1 heterocycles. The minimum atomic E-state index is -3.88. The zero-order valence-corrected chi connectivity index (χ0v) is 16.4. The monoisotopic (exact) mass is 392 g/mol. The number of hydrogen-bond acceptors (Lipinski definition) is 6. The third kappa shape index (κ3) is 4.70. The summed E-state index contributed by atoms with van der Waals surface area (Å²) in [6, 6.07) is 4.24. The van der Waals surface area contributed by atoms with Crippen LogP contribution >= 0.6 is 0 Å². The number of hydrogen-bond donors (Lipinski definition) is 1. The summed E-state index contributed by atoms with van der Waals surface area (Å²) in [5.74, 6) is -0.412. The van der Waals surface area contributed by atoms with Gasteiger partial charge >= 0.3 is 0 Å². The van der Waals surface area contributed by atoms with E-state index in [9.17, 15) is 16.8 Å². The Morgan fingerprint density at radius 2 is 1.92 bits per heavy atom. The Kier molecular flexibility index (Phi) is 6.10. The first-order valence-electron chi connectivity index (χ1n) is 7.72. The average Bonchev–Trinajstić information content (AvgIpc) is 2.92. The summed E-state index contributed by atoms with van der Waals surface area (Å²) in [6.07, 6.45) is 0. The molecule has 10 heteroatoms. The van der Waals surface area contributed by atoms with Gasteiger partial charge in [-0.3, -0.25) is 0 Å². The van der Waals surface area contributed by atoms with Crippen molar-refractivity contribution in [3.8, 4) is 5.75 Å². The Hall–Kier alpha value is -1.20. The van der Waals surface area contributed by atoms with Crippen LogP contribution in [-0.2, 0) is 24.8 Å². The smallest absolute Gasteiger partial charge is 0.244 e. The molecule has 1 fully saturated rings. The predicted octanol–water partition coefficient (Wildman–Crippen LogP) is 0.188. The Morgan fingerprint density at radius 1 is 1.24 bits per heavy atom. The summed E-state index contributed by atoms with van der Waals surface area (Å²) in [5.41, 5.74) is 0.774. The lowest BCUT2D eigenvalue weighted by molar-refractivity contribution is 0.185. The first-order valence-corrected chi connectivity index (χ1v) is 10.8. The number of aryl methyl sites for hydroxylation is 1. The third-order valence-electron chi connectivity index (χ3n) is 4.09. The van der Waals surface area contributed by atoms with Crippen molar-refractivity contribution < 1.29 is 26.3 Å². The van der Waals surface area contributed by atoms with Gasteiger partial charge in [0.15, 0.2) is 0 Å². The van der Waals surface area contributed by atoms with Crippen LogP contribution in [0.5, 0.6) is 5.75 Å². The highest BCUT2D eigenvalue weighted by atomic mass is 32.2. The summed E-state index contributed by atoms with van der Waals surface area (Å²) >= 11 is 0. The second-order valence-electron chi connectivity index (χ2n) is 6.24. The van der Waals surface area contributed by atoms with Crippen LogP contribution < -0.4 is 9.46 Å². The van der Waals surface area contributed by atoms with Gasteiger partial charge in [0.25, 0.3) is 0 Å². The molecule has 0 bridgehead atoms.